The van der Waals surface area contributed by atoms with E-state index in [1.807, 2.05) is 63.3 Å². The maximum absolute atomic E-state index is 12.3. The zero-order valence-electron chi connectivity index (χ0n) is 12.4. The number of aryl methyl sites for hydroxylation is 1. The lowest BCUT2D eigenvalue weighted by Gasteiger charge is -2.22. The topological polar surface area (TPSA) is 38.7 Å². The van der Waals surface area contributed by atoms with Gasteiger partial charge in [0.05, 0.1) is 11.6 Å². The van der Waals surface area contributed by atoms with Gasteiger partial charge in [0.15, 0.2) is 5.78 Å². The van der Waals surface area contributed by atoms with Crippen LogP contribution in [0.2, 0.25) is 0 Å². The molecule has 3 rings (SSSR count). The molecule has 3 heteroatoms. The number of rotatable bonds is 2. The van der Waals surface area contributed by atoms with Crippen molar-refractivity contribution in [1.82, 2.24) is 0 Å². The van der Waals surface area contributed by atoms with Crippen LogP contribution >= 0.6 is 0 Å². The first-order valence-electron chi connectivity index (χ1n) is 6.99. The molecular weight excluding hydrogens is 262 g/mol. The third-order valence-electron chi connectivity index (χ3n) is 3.82. The van der Waals surface area contributed by atoms with Crippen molar-refractivity contribution in [3.8, 4) is 5.75 Å². The highest BCUT2D eigenvalue weighted by Gasteiger charge is 2.29. The molecule has 0 radical (unpaired) electrons. The van der Waals surface area contributed by atoms with Crippen molar-refractivity contribution in [2.75, 3.05) is 0 Å². The van der Waals surface area contributed by atoms with Crippen molar-refractivity contribution in [3.05, 3.63) is 65.1 Å². The molecule has 21 heavy (non-hydrogen) atoms. The number of aliphatic imine (C=N–C) groups is 1. The van der Waals surface area contributed by atoms with E-state index in [4.69, 9.17) is 4.74 Å². The first-order valence-corrected chi connectivity index (χ1v) is 6.99. The standard InChI is InChI=1S/C18H17NO2/c1-11-4-6-14(7-5-11)21-15-8-9-17-16(10-15)18(20)12(2)13(3)19-17/h4-10,16H,1-3H3. The summed E-state index contributed by atoms with van der Waals surface area (Å²) >= 11 is 0. The Balaban J connectivity index is 1.85. The summed E-state index contributed by atoms with van der Waals surface area (Å²) in [6.07, 6.45) is 5.56. The second kappa shape index (κ2) is 5.17. The van der Waals surface area contributed by atoms with Crippen molar-refractivity contribution >= 4 is 11.5 Å². The number of carbonyl (C=O) groups excluding carboxylic acids is 1. The number of hydrogen-bond acceptors (Lipinski definition) is 3. The molecule has 1 aromatic carbocycles. The number of nitrogens with zero attached hydrogens (tertiary/aromatic N) is 1. The Morgan fingerprint density at radius 2 is 1.76 bits per heavy atom. The first-order chi connectivity index (χ1) is 10.0. The van der Waals surface area contributed by atoms with Crippen molar-refractivity contribution < 1.29 is 9.53 Å². The van der Waals surface area contributed by atoms with Gasteiger partial charge in [-0.3, -0.25) is 9.79 Å². The summed E-state index contributed by atoms with van der Waals surface area (Å²) in [5.74, 6) is 1.23. The van der Waals surface area contributed by atoms with Crippen LogP contribution in [0.25, 0.3) is 0 Å². The van der Waals surface area contributed by atoms with Gasteiger partial charge in [-0.1, -0.05) is 17.7 Å². The summed E-state index contributed by atoms with van der Waals surface area (Å²) < 4.78 is 5.82. The monoisotopic (exact) mass is 279 g/mol. The molecule has 1 heterocycles. The fourth-order valence-electron chi connectivity index (χ4n) is 2.39. The van der Waals surface area contributed by atoms with Crippen LogP contribution < -0.4 is 4.74 Å². The van der Waals surface area contributed by atoms with E-state index in [0.29, 0.717) is 5.76 Å². The summed E-state index contributed by atoms with van der Waals surface area (Å²) in [4.78, 5) is 16.8. The summed E-state index contributed by atoms with van der Waals surface area (Å²) in [7, 11) is 0. The van der Waals surface area contributed by atoms with Gasteiger partial charge in [0.1, 0.15) is 11.5 Å². The van der Waals surface area contributed by atoms with Crippen LogP contribution in [0.5, 0.6) is 5.75 Å². The van der Waals surface area contributed by atoms with Gasteiger partial charge in [0, 0.05) is 11.3 Å². The quantitative estimate of drug-likeness (QED) is 0.826. The normalized spacial score (nSPS) is 20.9. The number of fused-ring (bicyclic) bond motifs is 1. The Bertz CT molecular complexity index is 718. The highest BCUT2D eigenvalue weighted by atomic mass is 16.5. The van der Waals surface area contributed by atoms with E-state index in [-0.39, 0.29) is 11.7 Å². The molecule has 1 aliphatic heterocycles. The Labute approximate surface area is 124 Å². The number of benzene rings is 1. The summed E-state index contributed by atoms with van der Waals surface area (Å²) in [5, 5.41) is 0. The molecule has 0 saturated carbocycles. The molecular formula is C18H17NO2. The fourth-order valence-corrected chi connectivity index (χ4v) is 2.39. The number of ether oxygens (including phenoxy) is 1. The second-order valence-corrected chi connectivity index (χ2v) is 5.41. The molecule has 0 N–H and O–H groups in total. The van der Waals surface area contributed by atoms with Crippen molar-refractivity contribution in [2.24, 2.45) is 10.9 Å². The van der Waals surface area contributed by atoms with Crippen LogP contribution in [-0.2, 0) is 4.79 Å². The number of Topliss-reactive ketones (excluding diaryl/α,β-unsaturated/α-hetero) is 1. The first kappa shape index (κ1) is 13.6. The van der Waals surface area contributed by atoms with Gasteiger partial charge in [-0.15, -0.1) is 0 Å². The summed E-state index contributed by atoms with van der Waals surface area (Å²) in [6.45, 7) is 5.72. The van der Waals surface area contributed by atoms with E-state index in [2.05, 4.69) is 4.99 Å². The van der Waals surface area contributed by atoms with Gasteiger partial charge < -0.3 is 4.74 Å². The van der Waals surface area contributed by atoms with Gasteiger partial charge in [-0.05, 0) is 51.1 Å². The molecule has 3 nitrogen and oxygen atoms in total. The van der Waals surface area contributed by atoms with Crippen LogP contribution in [0.3, 0.4) is 0 Å². The minimum absolute atomic E-state index is 0.104. The number of carbonyl (C=O) groups is 1. The maximum Gasteiger partial charge on any atom is 0.173 e. The molecule has 1 atom stereocenters. The Morgan fingerprint density at radius 1 is 1.05 bits per heavy atom. The van der Waals surface area contributed by atoms with E-state index in [1.165, 1.54) is 5.56 Å². The van der Waals surface area contributed by atoms with E-state index >= 15 is 0 Å². The fraction of sp³-hybridized carbons (Fsp3) is 0.222. The third-order valence-corrected chi connectivity index (χ3v) is 3.82. The van der Waals surface area contributed by atoms with Crippen molar-refractivity contribution in [3.63, 3.8) is 0 Å². The second-order valence-electron chi connectivity index (χ2n) is 5.41. The minimum atomic E-state index is -0.320. The molecule has 106 valence electrons. The zero-order valence-corrected chi connectivity index (χ0v) is 12.4. The SMILES string of the molecule is CC1=C(C)C(=O)C2C=C(Oc3ccc(C)cc3)C=CC2=N1. The lowest BCUT2D eigenvalue weighted by atomic mass is 9.87. The van der Waals surface area contributed by atoms with Crippen molar-refractivity contribution in [2.45, 2.75) is 20.8 Å². The Morgan fingerprint density at radius 3 is 2.48 bits per heavy atom. The summed E-state index contributed by atoms with van der Waals surface area (Å²) in [6, 6.07) is 7.84. The molecule has 2 aliphatic rings. The molecule has 0 bridgehead atoms. The minimum Gasteiger partial charge on any atom is -0.458 e. The molecule has 0 amide bonds. The average Bonchev–Trinajstić information content (AvgIpc) is 2.48. The van der Waals surface area contributed by atoms with Gasteiger partial charge in [0.2, 0.25) is 0 Å². The lowest BCUT2D eigenvalue weighted by Crippen LogP contribution is -2.28. The smallest absolute Gasteiger partial charge is 0.173 e. The molecule has 1 unspecified atom stereocenters. The van der Waals surface area contributed by atoms with E-state index in [9.17, 15) is 4.79 Å². The lowest BCUT2D eigenvalue weighted by molar-refractivity contribution is -0.116. The average molecular weight is 279 g/mol. The predicted molar refractivity (Wildman–Crippen MR) is 83.3 cm³/mol. The Hall–Kier alpha value is -2.42. The van der Waals surface area contributed by atoms with Crippen molar-refractivity contribution in [1.29, 1.82) is 0 Å². The molecule has 0 saturated heterocycles. The van der Waals surface area contributed by atoms with Crippen LogP contribution in [0.4, 0.5) is 0 Å². The maximum atomic E-state index is 12.3. The number of ketones is 1. The number of hydrogen-bond donors (Lipinski definition) is 0. The molecule has 0 fully saturated rings. The number of allylic oxidation sites excluding steroid dienone is 5. The third kappa shape index (κ3) is 2.59. The zero-order chi connectivity index (χ0) is 15.0. The molecule has 1 aliphatic carbocycles. The van der Waals surface area contributed by atoms with Gasteiger partial charge in [0.25, 0.3) is 0 Å². The Kier molecular flexibility index (Phi) is 3.34. The highest BCUT2D eigenvalue weighted by molar-refractivity contribution is 6.20. The predicted octanol–water partition coefficient (Wildman–Crippen LogP) is 3.76. The van der Waals surface area contributed by atoms with Gasteiger partial charge in [-0.2, -0.15) is 0 Å². The van der Waals surface area contributed by atoms with E-state index in [1.54, 1.807) is 0 Å². The highest BCUT2D eigenvalue weighted by Crippen LogP contribution is 2.27. The molecule has 1 aromatic rings. The summed E-state index contributed by atoms with van der Waals surface area (Å²) in [5.41, 5.74) is 3.50. The van der Waals surface area contributed by atoms with Gasteiger partial charge in [-0.25, -0.2) is 0 Å². The van der Waals surface area contributed by atoms with Gasteiger partial charge >= 0.3 is 0 Å². The van der Waals surface area contributed by atoms with Crippen LogP contribution in [0.1, 0.15) is 19.4 Å². The van der Waals surface area contributed by atoms with Crippen LogP contribution in [0, 0.1) is 12.8 Å². The van der Waals surface area contributed by atoms with E-state index < -0.39 is 0 Å². The van der Waals surface area contributed by atoms with Crippen LogP contribution in [0.15, 0.2) is 64.5 Å². The van der Waals surface area contributed by atoms with Crippen LogP contribution in [-0.4, -0.2) is 11.5 Å². The molecule has 0 spiro atoms. The van der Waals surface area contributed by atoms with E-state index in [0.717, 1.165) is 22.7 Å². The largest absolute Gasteiger partial charge is 0.458 e. The molecule has 0 aromatic heterocycles.